The number of aryl methyl sites for hydroxylation is 1. The lowest BCUT2D eigenvalue weighted by atomic mass is 9.92. The van der Waals surface area contributed by atoms with Gasteiger partial charge in [0, 0.05) is 6.54 Å². The predicted molar refractivity (Wildman–Crippen MR) is 58.7 cm³/mol. The summed E-state index contributed by atoms with van der Waals surface area (Å²) in [6.07, 6.45) is 2.66. The number of rotatable bonds is 3. The largest absolute Gasteiger partial charge is 0.304 e. The van der Waals surface area contributed by atoms with Crippen LogP contribution >= 0.6 is 12.2 Å². The summed E-state index contributed by atoms with van der Waals surface area (Å²) in [6, 6.07) is 0. The molecule has 3 nitrogen and oxygen atoms in total. The van der Waals surface area contributed by atoms with Gasteiger partial charge in [-0.3, -0.25) is 5.10 Å². The van der Waals surface area contributed by atoms with Gasteiger partial charge in [-0.2, -0.15) is 5.10 Å². The molecule has 0 bridgehead atoms. The van der Waals surface area contributed by atoms with Crippen molar-refractivity contribution in [3.05, 3.63) is 10.6 Å². The second-order valence-corrected chi connectivity index (χ2v) is 5.07. The first-order valence-electron chi connectivity index (χ1n) is 5.17. The Labute approximate surface area is 89.5 Å². The molecule has 1 aliphatic carbocycles. The van der Waals surface area contributed by atoms with Crippen LogP contribution in [0.5, 0.6) is 0 Å². The van der Waals surface area contributed by atoms with E-state index in [1.807, 2.05) is 6.92 Å². The van der Waals surface area contributed by atoms with Gasteiger partial charge in [-0.25, -0.2) is 0 Å². The van der Waals surface area contributed by atoms with Gasteiger partial charge in [0.25, 0.3) is 0 Å². The zero-order valence-corrected chi connectivity index (χ0v) is 9.82. The van der Waals surface area contributed by atoms with E-state index in [4.69, 9.17) is 12.2 Å². The Bertz CT molecular complexity index is 384. The predicted octanol–water partition coefficient (Wildman–Crippen LogP) is 2.69. The van der Waals surface area contributed by atoms with E-state index in [-0.39, 0.29) is 0 Å². The lowest BCUT2D eigenvalue weighted by molar-refractivity contribution is 0.304. The van der Waals surface area contributed by atoms with Crippen LogP contribution in [-0.2, 0) is 6.54 Å². The number of aromatic nitrogens is 3. The third-order valence-electron chi connectivity index (χ3n) is 3.54. The van der Waals surface area contributed by atoms with Crippen molar-refractivity contribution in [2.24, 2.45) is 11.3 Å². The van der Waals surface area contributed by atoms with Crippen molar-refractivity contribution >= 4 is 12.2 Å². The third-order valence-corrected chi connectivity index (χ3v) is 3.85. The fraction of sp³-hybridized carbons (Fsp3) is 0.800. The van der Waals surface area contributed by atoms with Crippen molar-refractivity contribution in [2.45, 2.75) is 40.2 Å². The van der Waals surface area contributed by atoms with Gasteiger partial charge in [-0.1, -0.05) is 13.8 Å². The molecule has 1 aromatic rings. The van der Waals surface area contributed by atoms with Crippen molar-refractivity contribution in [2.75, 3.05) is 0 Å². The molecule has 1 aromatic heterocycles. The van der Waals surface area contributed by atoms with Crippen LogP contribution in [0.25, 0.3) is 0 Å². The molecule has 0 saturated heterocycles. The summed E-state index contributed by atoms with van der Waals surface area (Å²) in [5.41, 5.74) is 0.493. The molecule has 0 aromatic carbocycles. The van der Waals surface area contributed by atoms with Crippen LogP contribution in [0, 0.1) is 23.0 Å². The maximum absolute atomic E-state index is 5.20. The molecule has 0 atom stereocenters. The monoisotopic (exact) mass is 211 g/mol. The molecule has 1 fully saturated rings. The number of nitrogens with one attached hydrogen (secondary N) is 1. The second kappa shape index (κ2) is 3.19. The molecule has 78 valence electrons. The highest BCUT2D eigenvalue weighted by molar-refractivity contribution is 7.71. The van der Waals surface area contributed by atoms with E-state index in [1.54, 1.807) is 0 Å². The summed E-state index contributed by atoms with van der Waals surface area (Å²) in [5, 5.41) is 6.98. The minimum absolute atomic E-state index is 0.493. The van der Waals surface area contributed by atoms with Crippen LogP contribution in [0.2, 0.25) is 0 Å². The van der Waals surface area contributed by atoms with E-state index in [2.05, 4.69) is 28.6 Å². The molecule has 2 rings (SSSR count). The quantitative estimate of drug-likeness (QED) is 0.780. The highest BCUT2D eigenvalue weighted by Gasteiger charge is 2.45. The Morgan fingerprint density at radius 2 is 2.21 bits per heavy atom. The summed E-state index contributed by atoms with van der Waals surface area (Å²) in [7, 11) is 0. The zero-order chi connectivity index (χ0) is 10.3. The van der Waals surface area contributed by atoms with Crippen molar-refractivity contribution in [3.63, 3.8) is 0 Å². The maximum Gasteiger partial charge on any atom is 0.195 e. The van der Waals surface area contributed by atoms with Gasteiger partial charge >= 0.3 is 0 Å². The van der Waals surface area contributed by atoms with E-state index in [0.29, 0.717) is 5.41 Å². The van der Waals surface area contributed by atoms with Crippen LogP contribution in [0.15, 0.2) is 0 Å². The highest BCUT2D eigenvalue weighted by atomic mass is 32.1. The normalized spacial score (nSPS) is 18.9. The van der Waals surface area contributed by atoms with E-state index < -0.39 is 0 Å². The second-order valence-electron chi connectivity index (χ2n) is 4.68. The molecule has 0 radical (unpaired) electrons. The van der Waals surface area contributed by atoms with E-state index in [1.165, 1.54) is 12.8 Å². The summed E-state index contributed by atoms with van der Waals surface area (Å²) in [5.74, 6) is 1.74. The van der Waals surface area contributed by atoms with Gasteiger partial charge in [0.2, 0.25) is 0 Å². The first kappa shape index (κ1) is 9.90. The molecule has 14 heavy (non-hydrogen) atoms. The number of H-pyrrole nitrogens is 1. The molecule has 1 saturated carbocycles. The standard InChI is InChI=1S/C10H17N3S/c1-7(2)10(4-5-10)6-13-8(3)11-12-9(13)14/h7H,4-6H2,1-3H3,(H,12,14). The maximum atomic E-state index is 5.20. The summed E-state index contributed by atoms with van der Waals surface area (Å²) in [4.78, 5) is 0. The van der Waals surface area contributed by atoms with Crippen LogP contribution < -0.4 is 0 Å². The molecule has 4 heteroatoms. The van der Waals surface area contributed by atoms with Crippen LogP contribution in [0.4, 0.5) is 0 Å². The average Bonchev–Trinajstić information content (AvgIpc) is 2.84. The molecule has 0 spiro atoms. The van der Waals surface area contributed by atoms with Gasteiger partial charge in [0.1, 0.15) is 5.82 Å². The van der Waals surface area contributed by atoms with Crippen molar-refractivity contribution in [1.29, 1.82) is 0 Å². The SMILES string of the molecule is Cc1n[nH]c(=S)n1CC1(C(C)C)CC1. The van der Waals surface area contributed by atoms with Crippen LogP contribution in [0.3, 0.4) is 0 Å². The first-order valence-corrected chi connectivity index (χ1v) is 5.58. The molecule has 0 amide bonds. The van der Waals surface area contributed by atoms with Gasteiger partial charge in [-0.05, 0) is 43.3 Å². The van der Waals surface area contributed by atoms with Gasteiger partial charge in [0.05, 0.1) is 0 Å². The van der Waals surface area contributed by atoms with E-state index in [9.17, 15) is 0 Å². The third kappa shape index (κ3) is 1.52. The summed E-state index contributed by atoms with van der Waals surface area (Å²) >= 11 is 5.20. The summed E-state index contributed by atoms with van der Waals surface area (Å²) in [6.45, 7) is 7.63. The Balaban J connectivity index is 2.23. The molecular weight excluding hydrogens is 194 g/mol. The lowest BCUT2D eigenvalue weighted by Crippen LogP contribution is -2.18. The Hall–Kier alpha value is -0.640. The fourth-order valence-corrected chi connectivity index (χ4v) is 2.22. The van der Waals surface area contributed by atoms with Crippen molar-refractivity contribution in [1.82, 2.24) is 14.8 Å². The first-order chi connectivity index (χ1) is 6.55. The number of nitrogens with zero attached hydrogens (tertiary/aromatic N) is 2. The highest BCUT2D eigenvalue weighted by Crippen LogP contribution is 2.53. The smallest absolute Gasteiger partial charge is 0.195 e. The average molecular weight is 211 g/mol. The fourth-order valence-electron chi connectivity index (χ4n) is 1.98. The minimum atomic E-state index is 0.493. The Kier molecular flexibility index (Phi) is 2.26. The lowest BCUT2D eigenvalue weighted by Gasteiger charge is -2.20. The van der Waals surface area contributed by atoms with Gasteiger partial charge in [0.15, 0.2) is 4.77 Å². The van der Waals surface area contributed by atoms with E-state index >= 15 is 0 Å². The summed E-state index contributed by atoms with van der Waals surface area (Å²) < 4.78 is 2.89. The molecule has 1 heterocycles. The number of hydrogen-bond donors (Lipinski definition) is 1. The molecular formula is C10H17N3S. The minimum Gasteiger partial charge on any atom is -0.304 e. The van der Waals surface area contributed by atoms with Crippen LogP contribution in [-0.4, -0.2) is 14.8 Å². The van der Waals surface area contributed by atoms with E-state index in [0.717, 1.165) is 23.1 Å². The van der Waals surface area contributed by atoms with Gasteiger partial charge in [-0.15, -0.1) is 0 Å². The zero-order valence-electron chi connectivity index (χ0n) is 9.00. The van der Waals surface area contributed by atoms with Crippen molar-refractivity contribution < 1.29 is 0 Å². The molecule has 0 aliphatic heterocycles. The Morgan fingerprint density at radius 1 is 1.57 bits per heavy atom. The van der Waals surface area contributed by atoms with Crippen molar-refractivity contribution in [3.8, 4) is 0 Å². The molecule has 0 unspecified atom stereocenters. The van der Waals surface area contributed by atoms with Gasteiger partial charge < -0.3 is 4.57 Å². The molecule has 1 N–H and O–H groups in total. The van der Waals surface area contributed by atoms with Crippen LogP contribution in [0.1, 0.15) is 32.5 Å². The molecule has 1 aliphatic rings. The number of aromatic amines is 1. The Morgan fingerprint density at radius 3 is 2.57 bits per heavy atom. The topological polar surface area (TPSA) is 33.6 Å². The number of hydrogen-bond acceptors (Lipinski definition) is 2.